The van der Waals surface area contributed by atoms with E-state index in [1.165, 1.54) is 59.1 Å². The number of allylic oxidation sites excluding steroid dienone is 1. The van der Waals surface area contributed by atoms with E-state index < -0.39 is 0 Å². The molecule has 21 heavy (non-hydrogen) atoms. The second-order valence-corrected chi connectivity index (χ2v) is 6.02. The molecule has 2 aromatic carbocycles. The van der Waals surface area contributed by atoms with E-state index >= 15 is 0 Å². The third-order valence-corrected chi connectivity index (χ3v) is 4.27. The third kappa shape index (κ3) is 2.95. The third-order valence-electron chi connectivity index (χ3n) is 4.27. The van der Waals surface area contributed by atoms with Gasteiger partial charge in [-0.1, -0.05) is 75.2 Å². The standard InChI is InChI=1S/C21H24/c1-3-7-16-13-17(8-4-2)15-19(14-16)21-12-6-10-18-9-5-11-20(18)21/h5-6,9-10,12-15H,3-4,7-8,11H2,1-2H3. The van der Waals surface area contributed by atoms with Crippen LogP contribution >= 0.6 is 0 Å². The summed E-state index contributed by atoms with van der Waals surface area (Å²) in [6, 6.07) is 13.9. The Morgan fingerprint density at radius 2 is 1.62 bits per heavy atom. The number of hydrogen-bond donors (Lipinski definition) is 0. The molecule has 1 aliphatic carbocycles. The van der Waals surface area contributed by atoms with Gasteiger partial charge in [-0.2, -0.15) is 0 Å². The van der Waals surface area contributed by atoms with Gasteiger partial charge in [-0.25, -0.2) is 0 Å². The predicted molar refractivity (Wildman–Crippen MR) is 92.6 cm³/mol. The molecule has 0 heterocycles. The predicted octanol–water partition coefficient (Wildman–Crippen LogP) is 5.83. The highest BCUT2D eigenvalue weighted by Crippen LogP contribution is 2.32. The molecule has 0 aromatic heterocycles. The first-order chi connectivity index (χ1) is 10.3. The molecule has 0 atom stereocenters. The highest BCUT2D eigenvalue weighted by atomic mass is 14.2. The summed E-state index contributed by atoms with van der Waals surface area (Å²) in [5.41, 5.74) is 8.70. The summed E-state index contributed by atoms with van der Waals surface area (Å²) in [7, 11) is 0. The van der Waals surface area contributed by atoms with Gasteiger partial charge in [0, 0.05) is 0 Å². The summed E-state index contributed by atoms with van der Waals surface area (Å²) in [4.78, 5) is 0. The van der Waals surface area contributed by atoms with Crippen LogP contribution in [0, 0.1) is 0 Å². The fourth-order valence-corrected chi connectivity index (χ4v) is 3.35. The van der Waals surface area contributed by atoms with E-state index in [-0.39, 0.29) is 0 Å². The minimum Gasteiger partial charge on any atom is -0.0795 e. The number of aryl methyl sites for hydroxylation is 2. The van der Waals surface area contributed by atoms with Gasteiger partial charge >= 0.3 is 0 Å². The van der Waals surface area contributed by atoms with E-state index in [1.807, 2.05) is 0 Å². The van der Waals surface area contributed by atoms with Gasteiger partial charge in [0.05, 0.1) is 0 Å². The molecular formula is C21H24. The van der Waals surface area contributed by atoms with Gasteiger partial charge in [-0.05, 0) is 52.6 Å². The van der Waals surface area contributed by atoms with Crippen molar-refractivity contribution in [1.82, 2.24) is 0 Å². The summed E-state index contributed by atoms with van der Waals surface area (Å²) in [6.07, 6.45) is 10.4. The summed E-state index contributed by atoms with van der Waals surface area (Å²) in [5.74, 6) is 0. The smallest absolute Gasteiger partial charge is 0.00820 e. The van der Waals surface area contributed by atoms with Gasteiger partial charge in [-0.15, -0.1) is 0 Å². The highest BCUT2D eigenvalue weighted by Gasteiger charge is 2.12. The van der Waals surface area contributed by atoms with Crippen molar-refractivity contribution in [3.63, 3.8) is 0 Å². The zero-order valence-corrected chi connectivity index (χ0v) is 13.2. The molecule has 2 aromatic rings. The van der Waals surface area contributed by atoms with Crippen LogP contribution < -0.4 is 0 Å². The Morgan fingerprint density at radius 1 is 0.905 bits per heavy atom. The Kier molecular flexibility index (Phi) is 4.24. The average molecular weight is 276 g/mol. The summed E-state index contributed by atoms with van der Waals surface area (Å²) in [5, 5.41) is 0. The average Bonchev–Trinajstić information content (AvgIpc) is 2.96. The van der Waals surface area contributed by atoms with Crippen LogP contribution in [-0.2, 0) is 19.3 Å². The largest absolute Gasteiger partial charge is 0.0795 e. The molecule has 108 valence electrons. The van der Waals surface area contributed by atoms with Crippen molar-refractivity contribution < 1.29 is 0 Å². The quantitative estimate of drug-likeness (QED) is 0.644. The molecule has 0 nitrogen and oxygen atoms in total. The van der Waals surface area contributed by atoms with Crippen molar-refractivity contribution in [1.29, 1.82) is 0 Å². The molecular weight excluding hydrogens is 252 g/mol. The van der Waals surface area contributed by atoms with Crippen LogP contribution in [0.3, 0.4) is 0 Å². The minimum atomic E-state index is 1.08. The second kappa shape index (κ2) is 6.30. The normalized spacial score (nSPS) is 12.7. The zero-order chi connectivity index (χ0) is 14.7. The summed E-state index contributed by atoms with van der Waals surface area (Å²) < 4.78 is 0. The molecule has 0 aliphatic heterocycles. The van der Waals surface area contributed by atoms with Crippen LogP contribution in [0.1, 0.15) is 48.9 Å². The maximum absolute atomic E-state index is 2.40. The maximum Gasteiger partial charge on any atom is -0.00820 e. The first-order valence-electron chi connectivity index (χ1n) is 8.23. The first kappa shape index (κ1) is 14.1. The Labute approximate surface area is 128 Å². The number of hydrogen-bond acceptors (Lipinski definition) is 0. The van der Waals surface area contributed by atoms with Gasteiger partial charge in [-0.3, -0.25) is 0 Å². The molecule has 0 amide bonds. The molecule has 0 saturated carbocycles. The fourth-order valence-electron chi connectivity index (χ4n) is 3.35. The molecule has 0 heteroatoms. The lowest BCUT2D eigenvalue weighted by Gasteiger charge is -2.13. The van der Waals surface area contributed by atoms with Gasteiger partial charge in [0.1, 0.15) is 0 Å². The van der Waals surface area contributed by atoms with E-state index in [0.29, 0.717) is 0 Å². The Morgan fingerprint density at radius 3 is 2.29 bits per heavy atom. The zero-order valence-electron chi connectivity index (χ0n) is 13.2. The minimum absolute atomic E-state index is 1.08. The topological polar surface area (TPSA) is 0 Å². The number of benzene rings is 2. The molecule has 0 spiro atoms. The second-order valence-electron chi connectivity index (χ2n) is 6.02. The SMILES string of the molecule is CCCc1cc(CCC)cc(-c2cccc3c2CC=C3)c1. The van der Waals surface area contributed by atoms with E-state index in [9.17, 15) is 0 Å². The van der Waals surface area contributed by atoms with Crippen molar-refractivity contribution in [2.75, 3.05) is 0 Å². The molecule has 0 N–H and O–H groups in total. The fraction of sp³-hybridized carbons (Fsp3) is 0.333. The van der Waals surface area contributed by atoms with E-state index in [4.69, 9.17) is 0 Å². The first-order valence-corrected chi connectivity index (χ1v) is 8.23. The molecule has 3 rings (SSSR count). The van der Waals surface area contributed by atoms with Gasteiger partial charge in [0.15, 0.2) is 0 Å². The Hall–Kier alpha value is -1.82. The Bertz CT molecular complexity index is 637. The molecule has 0 fully saturated rings. The van der Waals surface area contributed by atoms with E-state index in [0.717, 1.165) is 6.42 Å². The summed E-state index contributed by atoms with van der Waals surface area (Å²) >= 11 is 0. The lowest BCUT2D eigenvalue weighted by molar-refractivity contribution is 0.896. The summed E-state index contributed by atoms with van der Waals surface area (Å²) in [6.45, 7) is 4.52. The molecule has 1 aliphatic rings. The lowest BCUT2D eigenvalue weighted by Crippen LogP contribution is -1.94. The lowest BCUT2D eigenvalue weighted by atomic mass is 9.92. The van der Waals surface area contributed by atoms with Crippen LogP contribution in [0.15, 0.2) is 42.5 Å². The maximum atomic E-state index is 2.40. The van der Waals surface area contributed by atoms with Crippen LogP contribution in [-0.4, -0.2) is 0 Å². The van der Waals surface area contributed by atoms with Crippen LogP contribution in [0.4, 0.5) is 0 Å². The van der Waals surface area contributed by atoms with Crippen molar-refractivity contribution >= 4 is 6.08 Å². The van der Waals surface area contributed by atoms with Crippen LogP contribution in [0.5, 0.6) is 0 Å². The molecule has 0 unspecified atom stereocenters. The number of fused-ring (bicyclic) bond motifs is 1. The van der Waals surface area contributed by atoms with Crippen LogP contribution in [0.2, 0.25) is 0 Å². The molecule has 0 saturated heterocycles. The van der Waals surface area contributed by atoms with Crippen molar-refractivity contribution in [3.05, 3.63) is 64.7 Å². The van der Waals surface area contributed by atoms with Crippen LogP contribution in [0.25, 0.3) is 17.2 Å². The van der Waals surface area contributed by atoms with Crippen molar-refractivity contribution in [2.45, 2.75) is 46.0 Å². The number of rotatable bonds is 5. The van der Waals surface area contributed by atoms with Gasteiger partial charge in [0.25, 0.3) is 0 Å². The monoisotopic (exact) mass is 276 g/mol. The van der Waals surface area contributed by atoms with E-state index in [1.54, 1.807) is 0 Å². The highest BCUT2D eigenvalue weighted by molar-refractivity contribution is 5.76. The molecule has 0 radical (unpaired) electrons. The molecule has 0 bridgehead atoms. The van der Waals surface area contributed by atoms with E-state index in [2.05, 4.69) is 62.4 Å². The van der Waals surface area contributed by atoms with Gasteiger partial charge < -0.3 is 0 Å². The van der Waals surface area contributed by atoms with Gasteiger partial charge in [0.2, 0.25) is 0 Å². The van der Waals surface area contributed by atoms with Crippen molar-refractivity contribution in [2.24, 2.45) is 0 Å². The Balaban J connectivity index is 2.07. The van der Waals surface area contributed by atoms with Crippen molar-refractivity contribution in [3.8, 4) is 11.1 Å².